The van der Waals surface area contributed by atoms with Crippen LogP contribution < -0.4 is 10.5 Å². The highest BCUT2D eigenvalue weighted by atomic mass is 79.9. The number of hydrogen-bond acceptors (Lipinski definition) is 3. The normalized spacial score (nSPS) is 22.8. The second-order valence-electron chi connectivity index (χ2n) is 5.65. The highest BCUT2D eigenvalue weighted by Gasteiger charge is 2.21. The van der Waals surface area contributed by atoms with E-state index >= 15 is 0 Å². The van der Waals surface area contributed by atoms with Crippen LogP contribution >= 0.6 is 15.9 Å². The lowest BCUT2D eigenvalue weighted by molar-refractivity contribution is 0.0922. The van der Waals surface area contributed by atoms with E-state index in [1.165, 1.54) is 12.1 Å². The van der Waals surface area contributed by atoms with Crippen molar-refractivity contribution < 1.29 is 13.2 Å². The highest BCUT2D eigenvalue weighted by molar-refractivity contribution is 9.10. The average molecular weight is 375 g/mol. The molecule has 0 aliphatic heterocycles. The summed E-state index contributed by atoms with van der Waals surface area (Å²) in [6.45, 7) is 2.21. The van der Waals surface area contributed by atoms with Crippen molar-refractivity contribution in [1.29, 1.82) is 0 Å². The Hall–Kier alpha value is -0.920. The minimum Gasteiger partial charge on any atom is -0.349 e. The number of amides is 1. The van der Waals surface area contributed by atoms with Crippen molar-refractivity contribution in [2.45, 2.75) is 43.5 Å². The van der Waals surface area contributed by atoms with Gasteiger partial charge in [-0.15, -0.1) is 0 Å². The Balaban J connectivity index is 2.14. The number of nitrogens with one attached hydrogen (secondary N) is 1. The van der Waals surface area contributed by atoms with Crippen LogP contribution in [0.2, 0.25) is 0 Å². The number of primary sulfonamides is 1. The third kappa shape index (κ3) is 4.52. The van der Waals surface area contributed by atoms with Gasteiger partial charge in [-0.2, -0.15) is 0 Å². The van der Waals surface area contributed by atoms with Crippen LogP contribution in [-0.2, 0) is 10.0 Å². The predicted molar refractivity (Wildman–Crippen MR) is 84.4 cm³/mol. The molecule has 0 aromatic heterocycles. The lowest BCUT2D eigenvalue weighted by atomic mass is 9.87. The molecule has 1 saturated carbocycles. The molecule has 0 heterocycles. The molecule has 1 aromatic carbocycles. The molecule has 0 radical (unpaired) electrons. The summed E-state index contributed by atoms with van der Waals surface area (Å²) >= 11 is 3.21. The van der Waals surface area contributed by atoms with Crippen LogP contribution in [0.1, 0.15) is 43.0 Å². The van der Waals surface area contributed by atoms with Crippen molar-refractivity contribution in [2.75, 3.05) is 0 Å². The highest BCUT2D eigenvalue weighted by Crippen LogP contribution is 2.24. The summed E-state index contributed by atoms with van der Waals surface area (Å²) in [6, 6.07) is 4.44. The molecule has 2 rings (SSSR count). The van der Waals surface area contributed by atoms with Gasteiger partial charge in [0.05, 0.1) is 4.90 Å². The van der Waals surface area contributed by atoms with Gasteiger partial charge in [-0.1, -0.05) is 22.9 Å². The maximum Gasteiger partial charge on any atom is 0.251 e. The molecule has 1 amide bonds. The maximum atomic E-state index is 12.3. The van der Waals surface area contributed by atoms with Crippen molar-refractivity contribution in [3.63, 3.8) is 0 Å². The second kappa shape index (κ2) is 6.46. The molecule has 7 heteroatoms. The molecule has 0 spiro atoms. The fraction of sp³-hybridized carbons (Fsp3) is 0.500. The number of carbonyl (C=O) groups is 1. The predicted octanol–water partition coefficient (Wildman–Crippen LogP) is 2.41. The summed E-state index contributed by atoms with van der Waals surface area (Å²) < 4.78 is 23.3. The summed E-state index contributed by atoms with van der Waals surface area (Å²) in [4.78, 5) is 12.2. The van der Waals surface area contributed by atoms with Crippen molar-refractivity contribution >= 4 is 31.9 Å². The molecule has 0 saturated heterocycles. The van der Waals surface area contributed by atoms with Gasteiger partial charge in [0.25, 0.3) is 5.91 Å². The minimum atomic E-state index is -3.83. The van der Waals surface area contributed by atoms with E-state index in [1.807, 2.05) is 0 Å². The largest absolute Gasteiger partial charge is 0.349 e. The molecule has 1 aliphatic rings. The van der Waals surface area contributed by atoms with E-state index < -0.39 is 10.0 Å². The maximum absolute atomic E-state index is 12.3. The minimum absolute atomic E-state index is 0.0701. The van der Waals surface area contributed by atoms with Crippen molar-refractivity contribution in [3.8, 4) is 0 Å². The third-order valence-electron chi connectivity index (χ3n) is 3.81. The topological polar surface area (TPSA) is 89.3 Å². The van der Waals surface area contributed by atoms with Crippen LogP contribution in [0, 0.1) is 5.92 Å². The summed E-state index contributed by atoms with van der Waals surface area (Å²) in [5.74, 6) is 0.443. The number of hydrogen-bond donors (Lipinski definition) is 2. The van der Waals surface area contributed by atoms with Crippen LogP contribution in [0.5, 0.6) is 0 Å². The molecule has 0 unspecified atom stereocenters. The van der Waals surface area contributed by atoms with E-state index in [0.29, 0.717) is 16.0 Å². The molecule has 3 N–H and O–H groups in total. The number of carbonyl (C=O) groups excluding carboxylic acids is 1. The molecule has 21 heavy (non-hydrogen) atoms. The molecule has 116 valence electrons. The molecular formula is C14H19BrN2O3S. The lowest BCUT2D eigenvalue weighted by Gasteiger charge is -2.27. The molecule has 0 bridgehead atoms. The molecule has 5 nitrogen and oxygen atoms in total. The smallest absolute Gasteiger partial charge is 0.251 e. The van der Waals surface area contributed by atoms with Gasteiger partial charge in [0, 0.05) is 16.1 Å². The Labute approximate surface area is 133 Å². The first kappa shape index (κ1) is 16.5. The average Bonchev–Trinajstić information content (AvgIpc) is 2.39. The van der Waals surface area contributed by atoms with Crippen LogP contribution in [-0.4, -0.2) is 20.4 Å². The standard InChI is InChI=1S/C14H19BrN2O3S/c1-9-2-4-12(5-3-9)17-14(18)10-6-11(15)8-13(7-10)21(16,19)20/h6-9,12H,2-5H2,1H3,(H,17,18)(H2,16,19,20). The zero-order valence-electron chi connectivity index (χ0n) is 11.8. The van der Waals surface area contributed by atoms with E-state index in [2.05, 4.69) is 28.2 Å². The number of benzene rings is 1. The molecule has 0 atom stereocenters. The van der Waals surface area contributed by atoms with Crippen molar-refractivity contribution in [3.05, 3.63) is 28.2 Å². The monoisotopic (exact) mass is 374 g/mol. The van der Waals surface area contributed by atoms with Crippen molar-refractivity contribution in [1.82, 2.24) is 5.32 Å². The number of rotatable bonds is 3. The van der Waals surface area contributed by atoms with E-state index in [1.54, 1.807) is 6.07 Å². The molecular weight excluding hydrogens is 356 g/mol. The zero-order chi connectivity index (χ0) is 15.6. The first-order valence-electron chi connectivity index (χ1n) is 6.90. The number of nitrogens with two attached hydrogens (primary N) is 1. The summed E-state index contributed by atoms with van der Waals surface area (Å²) in [7, 11) is -3.83. The van der Waals surface area contributed by atoms with Crippen LogP contribution in [0.25, 0.3) is 0 Å². The Bertz CT molecular complexity index is 638. The first-order valence-corrected chi connectivity index (χ1v) is 9.24. The second-order valence-corrected chi connectivity index (χ2v) is 8.13. The van der Waals surface area contributed by atoms with Gasteiger partial charge in [0.2, 0.25) is 10.0 Å². The van der Waals surface area contributed by atoms with Gasteiger partial charge in [-0.05, 0) is 49.8 Å². The number of sulfonamides is 1. The van der Waals surface area contributed by atoms with Gasteiger partial charge in [-0.25, -0.2) is 13.6 Å². The first-order chi connectivity index (χ1) is 9.75. The van der Waals surface area contributed by atoms with Gasteiger partial charge in [0.15, 0.2) is 0 Å². The summed E-state index contributed by atoms with van der Waals surface area (Å²) in [5.41, 5.74) is 0.298. The Morgan fingerprint density at radius 2 is 1.86 bits per heavy atom. The van der Waals surface area contributed by atoms with Crippen LogP contribution in [0.4, 0.5) is 0 Å². The zero-order valence-corrected chi connectivity index (χ0v) is 14.2. The van der Waals surface area contributed by atoms with Gasteiger partial charge < -0.3 is 5.32 Å². The van der Waals surface area contributed by atoms with E-state index in [-0.39, 0.29) is 16.8 Å². The van der Waals surface area contributed by atoms with Gasteiger partial charge in [-0.3, -0.25) is 4.79 Å². The lowest BCUT2D eigenvalue weighted by Crippen LogP contribution is -2.37. The molecule has 1 aliphatic carbocycles. The molecule has 1 aromatic rings. The quantitative estimate of drug-likeness (QED) is 0.850. The fourth-order valence-electron chi connectivity index (χ4n) is 2.53. The van der Waals surface area contributed by atoms with Gasteiger partial charge in [0.1, 0.15) is 0 Å². The SMILES string of the molecule is CC1CCC(NC(=O)c2cc(Br)cc(S(N)(=O)=O)c2)CC1. The number of halogens is 1. The summed E-state index contributed by atoms with van der Waals surface area (Å²) in [5, 5.41) is 8.08. The Kier molecular flexibility index (Phi) is 5.06. The van der Waals surface area contributed by atoms with E-state index in [9.17, 15) is 13.2 Å². The third-order valence-corrected chi connectivity index (χ3v) is 5.16. The van der Waals surface area contributed by atoms with E-state index in [4.69, 9.17) is 5.14 Å². The fourth-order valence-corrected chi connectivity index (χ4v) is 3.76. The van der Waals surface area contributed by atoms with E-state index in [0.717, 1.165) is 25.7 Å². The summed E-state index contributed by atoms with van der Waals surface area (Å²) in [6.07, 6.45) is 4.13. The van der Waals surface area contributed by atoms with Crippen LogP contribution in [0.3, 0.4) is 0 Å². The Morgan fingerprint density at radius 1 is 1.24 bits per heavy atom. The molecule has 1 fully saturated rings. The van der Waals surface area contributed by atoms with Crippen LogP contribution in [0.15, 0.2) is 27.6 Å². The Morgan fingerprint density at radius 3 is 2.43 bits per heavy atom. The van der Waals surface area contributed by atoms with Crippen molar-refractivity contribution in [2.24, 2.45) is 11.1 Å². The van der Waals surface area contributed by atoms with Gasteiger partial charge >= 0.3 is 0 Å².